The van der Waals surface area contributed by atoms with E-state index in [0.717, 1.165) is 15.7 Å². The van der Waals surface area contributed by atoms with Crippen LogP contribution in [-0.2, 0) is 0 Å². The normalized spacial score (nSPS) is 31.5. The molecule has 0 aromatic heterocycles. The highest BCUT2D eigenvalue weighted by atomic mass is 35.5. The Morgan fingerprint density at radius 1 is 1.12 bits per heavy atom. The van der Waals surface area contributed by atoms with Crippen LogP contribution in [0.1, 0.15) is 25.7 Å². The van der Waals surface area contributed by atoms with E-state index < -0.39 is 0 Å². The molecule has 2 fully saturated rings. The molecule has 3 rings (SSSR count). The summed E-state index contributed by atoms with van der Waals surface area (Å²) in [7, 11) is 0. The van der Waals surface area contributed by atoms with Gasteiger partial charge in [0.2, 0.25) is 0 Å². The number of fused-ring (bicyclic) bond motifs is 2. The fourth-order valence-corrected chi connectivity index (χ4v) is 3.35. The molecule has 0 saturated carbocycles. The Balaban J connectivity index is 1.72. The van der Waals surface area contributed by atoms with E-state index >= 15 is 0 Å². The van der Waals surface area contributed by atoms with Crippen LogP contribution in [0.25, 0.3) is 0 Å². The summed E-state index contributed by atoms with van der Waals surface area (Å²) < 4.78 is 0. The molecule has 1 aromatic carbocycles. The second-order valence-corrected chi connectivity index (χ2v) is 5.92. The molecule has 2 saturated heterocycles. The van der Waals surface area contributed by atoms with Crippen molar-refractivity contribution in [1.82, 2.24) is 5.32 Å². The summed E-state index contributed by atoms with van der Waals surface area (Å²) in [6.07, 6.45) is 4.98. The van der Waals surface area contributed by atoms with E-state index in [1.807, 2.05) is 18.2 Å². The summed E-state index contributed by atoms with van der Waals surface area (Å²) >= 11 is 12.2. The Bertz CT molecular complexity index is 410. The van der Waals surface area contributed by atoms with Crippen LogP contribution in [0.15, 0.2) is 18.2 Å². The van der Waals surface area contributed by atoms with E-state index in [4.69, 9.17) is 23.2 Å². The summed E-state index contributed by atoms with van der Waals surface area (Å²) in [5.74, 6) is 0. The fraction of sp³-hybridized carbons (Fsp3) is 0.538. The molecule has 2 aliphatic rings. The maximum absolute atomic E-state index is 6.17. The third kappa shape index (κ3) is 2.54. The van der Waals surface area contributed by atoms with E-state index in [2.05, 4.69) is 10.6 Å². The van der Waals surface area contributed by atoms with Crippen molar-refractivity contribution in [1.29, 1.82) is 0 Å². The Morgan fingerprint density at radius 3 is 2.53 bits per heavy atom. The van der Waals surface area contributed by atoms with Crippen LogP contribution in [0, 0.1) is 0 Å². The van der Waals surface area contributed by atoms with Gasteiger partial charge in [0.15, 0.2) is 0 Å². The second kappa shape index (κ2) is 4.68. The lowest BCUT2D eigenvalue weighted by Gasteiger charge is -2.30. The average Bonchev–Trinajstić information content (AvgIpc) is 2.63. The number of piperidine rings is 1. The first-order valence-electron chi connectivity index (χ1n) is 6.18. The molecule has 2 bridgehead atoms. The number of rotatable bonds is 2. The van der Waals surface area contributed by atoms with Gasteiger partial charge in [-0.2, -0.15) is 0 Å². The molecular weight excluding hydrogens is 255 g/mol. The van der Waals surface area contributed by atoms with Gasteiger partial charge in [0.05, 0.1) is 10.7 Å². The van der Waals surface area contributed by atoms with Crippen LogP contribution >= 0.6 is 23.2 Å². The van der Waals surface area contributed by atoms with E-state index in [1.165, 1.54) is 25.7 Å². The summed E-state index contributed by atoms with van der Waals surface area (Å²) in [5, 5.41) is 8.65. The van der Waals surface area contributed by atoms with Crippen LogP contribution in [-0.4, -0.2) is 18.1 Å². The molecule has 0 spiro atoms. The number of benzene rings is 1. The van der Waals surface area contributed by atoms with Crippen LogP contribution in [0.3, 0.4) is 0 Å². The van der Waals surface area contributed by atoms with Gasteiger partial charge in [-0.15, -0.1) is 0 Å². The van der Waals surface area contributed by atoms with Crippen molar-refractivity contribution in [3.63, 3.8) is 0 Å². The van der Waals surface area contributed by atoms with Gasteiger partial charge in [0.25, 0.3) is 0 Å². The van der Waals surface area contributed by atoms with Gasteiger partial charge < -0.3 is 10.6 Å². The smallest absolute Gasteiger partial charge is 0.0638 e. The van der Waals surface area contributed by atoms with E-state index in [-0.39, 0.29) is 0 Å². The van der Waals surface area contributed by atoms with Crippen molar-refractivity contribution >= 4 is 28.9 Å². The minimum absolute atomic E-state index is 0.518. The van der Waals surface area contributed by atoms with E-state index in [9.17, 15) is 0 Å². The standard InChI is InChI=1S/C13H16Cl2N2/c14-8-1-4-12(15)13(5-8)17-11-6-9-2-3-10(7-11)16-9/h1,4-5,9-11,16-17H,2-3,6-7H2. The lowest BCUT2D eigenvalue weighted by Crippen LogP contribution is -2.43. The fourth-order valence-electron chi connectivity index (χ4n) is 3.00. The molecule has 17 heavy (non-hydrogen) atoms. The monoisotopic (exact) mass is 270 g/mol. The second-order valence-electron chi connectivity index (χ2n) is 5.07. The van der Waals surface area contributed by atoms with Crippen LogP contribution in [0.4, 0.5) is 5.69 Å². The lowest BCUT2D eigenvalue weighted by atomic mass is 9.99. The Morgan fingerprint density at radius 2 is 1.82 bits per heavy atom. The Labute approximate surface area is 112 Å². The van der Waals surface area contributed by atoms with Gasteiger partial charge in [0, 0.05) is 23.1 Å². The number of halogens is 2. The highest BCUT2D eigenvalue weighted by molar-refractivity contribution is 6.35. The molecule has 1 aromatic rings. The zero-order valence-corrected chi connectivity index (χ0v) is 11.1. The van der Waals surface area contributed by atoms with Crippen molar-refractivity contribution in [3.8, 4) is 0 Å². The number of anilines is 1. The van der Waals surface area contributed by atoms with Crippen LogP contribution < -0.4 is 10.6 Å². The SMILES string of the molecule is Clc1ccc(Cl)c(NC2CC3CCC(C2)N3)c1. The molecule has 92 valence electrons. The third-order valence-corrected chi connectivity index (χ3v) is 4.33. The highest BCUT2D eigenvalue weighted by Crippen LogP contribution is 2.31. The molecule has 0 amide bonds. The molecule has 2 heterocycles. The van der Waals surface area contributed by atoms with Gasteiger partial charge in [-0.1, -0.05) is 23.2 Å². The van der Waals surface area contributed by atoms with Crippen molar-refractivity contribution < 1.29 is 0 Å². The summed E-state index contributed by atoms with van der Waals surface area (Å²) in [4.78, 5) is 0. The van der Waals surface area contributed by atoms with Gasteiger partial charge in [-0.25, -0.2) is 0 Å². The zero-order chi connectivity index (χ0) is 11.8. The van der Waals surface area contributed by atoms with Crippen molar-refractivity contribution in [2.75, 3.05) is 5.32 Å². The first kappa shape index (κ1) is 11.6. The molecule has 4 heteroatoms. The topological polar surface area (TPSA) is 24.1 Å². The predicted octanol–water partition coefficient (Wildman–Crippen LogP) is 3.69. The molecule has 0 aliphatic carbocycles. The number of hydrogen-bond acceptors (Lipinski definition) is 2. The molecule has 0 radical (unpaired) electrons. The van der Waals surface area contributed by atoms with Gasteiger partial charge >= 0.3 is 0 Å². The molecule has 2 unspecified atom stereocenters. The molecule has 2 N–H and O–H groups in total. The zero-order valence-electron chi connectivity index (χ0n) is 9.55. The molecule has 2 aliphatic heterocycles. The van der Waals surface area contributed by atoms with Crippen molar-refractivity contribution in [3.05, 3.63) is 28.2 Å². The molecule has 2 nitrogen and oxygen atoms in total. The number of hydrogen-bond donors (Lipinski definition) is 2. The Kier molecular flexibility index (Phi) is 3.20. The first-order chi connectivity index (χ1) is 8.20. The summed E-state index contributed by atoms with van der Waals surface area (Å²) in [6.45, 7) is 0. The quantitative estimate of drug-likeness (QED) is 0.857. The first-order valence-corrected chi connectivity index (χ1v) is 6.94. The van der Waals surface area contributed by atoms with Gasteiger partial charge in [-0.05, 0) is 43.9 Å². The summed E-state index contributed by atoms with van der Waals surface area (Å²) in [6, 6.07) is 7.47. The lowest BCUT2D eigenvalue weighted by molar-refractivity contribution is 0.378. The minimum atomic E-state index is 0.518. The van der Waals surface area contributed by atoms with Crippen LogP contribution in [0.5, 0.6) is 0 Å². The summed E-state index contributed by atoms with van der Waals surface area (Å²) in [5.41, 5.74) is 0.963. The molecular formula is C13H16Cl2N2. The minimum Gasteiger partial charge on any atom is -0.381 e. The van der Waals surface area contributed by atoms with E-state index in [1.54, 1.807) is 0 Å². The maximum Gasteiger partial charge on any atom is 0.0638 e. The molecule has 2 atom stereocenters. The van der Waals surface area contributed by atoms with Gasteiger partial charge in [0.1, 0.15) is 0 Å². The predicted molar refractivity (Wildman–Crippen MR) is 73.1 cm³/mol. The van der Waals surface area contributed by atoms with Crippen LogP contribution in [0.2, 0.25) is 10.0 Å². The van der Waals surface area contributed by atoms with E-state index in [0.29, 0.717) is 18.1 Å². The third-order valence-electron chi connectivity index (χ3n) is 3.76. The Hall–Kier alpha value is -0.440. The number of nitrogens with one attached hydrogen (secondary N) is 2. The maximum atomic E-state index is 6.17. The van der Waals surface area contributed by atoms with Gasteiger partial charge in [-0.3, -0.25) is 0 Å². The average molecular weight is 271 g/mol. The largest absolute Gasteiger partial charge is 0.381 e. The highest BCUT2D eigenvalue weighted by Gasteiger charge is 2.33. The van der Waals surface area contributed by atoms with Crippen molar-refractivity contribution in [2.45, 2.75) is 43.8 Å². The van der Waals surface area contributed by atoms with Crippen molar-refractivity contribution in [2.24, 2.45) is 0 Å².